The highest BCUT2D eigenvalue weighted by Crippen LogP contribution is 2.44. The molecule has 3 heterocycles. The van der Waals surface area contributed by atoms with Gasteiger partial charge in [0.25, 0.3) is 0 Å². The van der Waals surface area contributed by atoms with Gasteiger partial charge in [0.15, 0.2) is 11.6 Å². The normalized spacial score (nSPS) is 21.0. The van der Waals surface area contributed by atoms with Gasteiger partial charge in [0.05, 0.1) is 17.9 Å². The molecule has 2 fully saturated rings. The zero-order chi connectivity index (χ0) is 16.0. The Bertz CT molecular complexity index is 740. The van der Waals surface area contributed by atoms with Gasteiger partial charge in [-0.25, -0.2) is 9.67 Å². The summed E-state index contributed by atoms with van der Waals surface area (Å²) in [5.41, 5.74) is 2.79. The molecule has 4 rings (SSSR count). The van der Waals surface area contributed by atoms with E-state index in [1.165, 1.54) is 4.68 Å². The van der Waals surface area contributed by atoms with Crippen LogP contribution >= 0.6 is 0 Å². The van der Waals surface area contributed by atoms with E-state index in [9.17, 15) is 9.90 Å². The maximum Gasteiger partial charge on any atom is 0.325 e. The number of nitrogens with one attached hydrogen (secondary N) is 1. The third-order valence-electron chi connectivity index (χ3n) is 4.43. The van der Waals surface area contributed by atoms with Gasteiger partial charge in [0, 0.05) is 24.1 Å². The number of hydrogen-bond acceptors (Lipinski definition) is 5. The van der Waals surface area contributed by atoms with Gasteiger partial charge in [-0.2, -0.15) is 10.2 Å². The van der Waals surface area contributed by atoms with Gasteiger partial charge in [-0.05, 0) is 26.2 Å². The summed E-state index contributed by atoms with van der Waals surface area (Å²) in [4.78, 5) is 15.9. The van der Waals surface area contributed by atoms with Crippen molar-refractivity contribution in [3.05, 3.63) is 17.2 Å². The summed E-state index contributed by atoms with van der Waals surface area (Å²) >= 11 is 0. The van der Waals surface area contributed by atoms with E-state index < -0.39 is 5.97 Å². The number of carboxylic acid groups (broad SMARTS) is 1. The first-order chi connectivity index (χ1) is 11.1. The average molecular weight is 317 g/mol. The zero-order valence-electron chi connectivity index (χ0n) is 12.9. The van der Waals surface area contributed by atoms with Crippen LogP contribution in [0.3, 0.4) is 0 Å². The first-order valence-corrected chi connectivity index (χ1v) is 7.93. The lowest BCUT2D eigenvalue weighted by molar-refractivity contribution is -0.137. The third-order valence-corrected chi connectivity index (χ3v) is 4.43. The highest BCUT2D eigenvalue weighted by Gasteiger charge is 2.33. The number of H-pyrrole nitrogens is 1. The largest absolute Gasteiger partial charge is 0.480 e. The lowest BCUT2D eigenvalue weighted by atomic mass is 10.1. The van der Waals surface area contributed by atoms with Crippen LogP contribution in [0.5, 0.6) is 0 Å². The molecule has 0 spiro atoms. The summed E-state index contributed by atoms with van der Waals surface area (Å²) in [6.07, 6.45) is 3.11. The van der Waals surface area contributed by atoms with Crippen LogP contribution in [0.25, 0.3) is 11.4 Å². The number of aromatic amines is 1. The van der Waals surface area contributed by atoms with Crippen molar-refractivity contribution in [2.75, 3.05) is 13.2 Å². The van der Waals surface area contributed by atoms with Gasteiger partial charge in [-0.1, -0.05) is 0 Å². The standard InChI is InChI=1S/C15H19N5O3/c1-8-12(13(18-17-8)9-2-3-9)15-16-14(10-4-5-23-7-10)19-20(15)6-11(21)22/h9-10H,2-7H2,1H3,(H,17,18)(H,21,22)/t10-/m0/s1. The number of carbonyl (C=O) groups is 1. The molecule has 2 aromatic heterocycles. The van der Waals surface area contributed by atoms with Crippen molar-refractivity contribution in [3.63, 3.8) is 0 Å². The molecule has 0 aromatic carbocycles. The van der Waals surface area contributed by atoms with Crippen LogP contribution in [-0.2, 0) is 16.1 Å². The Morgan fingerprint density at radius 3 is 2.87 bits per heavy atom. The number of aryl methyl sites for hydroxylation is 1. The first-order valence-electron chi connectivity index (χ1n) is 7.93. The van der Waals surface area contributed by atoms with Crippen LogP contribution in [0, 0.1) is 6.92 Å². The predicted octanol–water partition coefficient (Wildman–Crippen LogP) is 1.44. The number of ether oxygens (including phenoxy) is 1. The molecule has 1 atom stereocenters. The van der Waals surface area contributed by atoms with Gasteiger partial charge in [0.2, 0.25) is 0 Å². The molecule has 8 heteroatoms. The van der Waals surface area contributed by atoms with Crippen LogP contribution in [0.2, 0.25) is 0 Å². The smallest absolute Gasteiger partial charge is 0.325 e. The second-order valence-electron chi connectivity index (χ2n) is 6.29. The highest BCUT2D eigenvalue weighted by molar-refractivity contribution is 5.69. The summed E-state index contributed by atoms with van der Waals surface area (Å²) in [7, 11) is 0. The van der Waals surface area contributed by atoms with Crippen LogP contribution in [0.15, 0.2) is 0 Å². The van der Waals surface area contributed by atoms with Gasteiger partial charge in [-0.3, -0.25) is 9.89 Å². The Balaban J connectivity index is 1.79. The number of aliphatic carboxylic acids is 1. The molecule has 2 aromatic rings. The second kappa shape index (κ2) is 5.45. The molecule has 1 aliphatic heterocycles. The molecular formula is C15H19N5O3. The van der Waals surface area contributed by atoms with Crippen LogP contribution < -0.4 is 0 Å². The van der Waals surface area contributed by atoms with E-state index in [-0.39, 0.29) is 12.5 Å². The molecular weight excluding hydrogens is 298 g/mol. The van der Waals surface area contributed by atoms with E-state index >= 15 is 0 Å². The SMILES string of the molecule is Cc1[nH]nc(C2CC2)c1-c1nc([C@H]2CCOC2)nn1CC(=O)O. The third kappa shape index (κ3) is 2.63. The lowest BCUT2D eigenvalue weighted by Gasteiger charge is -2.04. The number of nitrogens with zero attached hydrogens (tertiary/aromatic N) is 4. The van der Waals surface area contributed by atoms with Crippen molar-refractivity contribution < 1.29 is 14.6 Å². The molecule has 2 N–H and O–H groups in total. The quantitative estimate of drug-likeness (QED) is 0.864. The fraction of sp³-hybridized carbons (Fsp3) is 0.600. The Kier molecular flexibility index (Phi) is 3.41. The number of rotatable bonds is 5. The minimum absolute atomic E-state index is 0.139. The van der Waals surface area contributed by atoms with Crippen molar-refractivity contribution in [3.8, 4) is 11.4 Å². The summed E-state index contributed by atoms with van der Waals surface area (Å²) in [5, 5.41) is 21.1. The van der Waals surface area contributed by atoms with E-state index in [0.29, 0.717) is 30.8 Å². The fourth-order valence-electron chi connectivity index (χ4n) is 3.08. The topological polar surface area (TPSA) is 106 Å². The van der Waals surface area contributed by atoms with Gasteiger partial charge >= 0.3 is 5.97 Å². The van der Waals surface area contributed by atoms with E-state index in [1.807, 2.05) is 6.92 Å². The van der Waals surface area contributed by atoms with Crippen molar-refractivity contribution in [2.24, 2.45) is 0 Å². The highest BCUT2D eigenvalue weighted by atomic mass is 16.5. The molecule has 0 unspecified atom stereocenters. The summed E-state index contributed by atoms with van der Waals surface area (Å²) in [5.74, 6) is 0.923. The Labute approximate surface area is 132 Å². The maximum absolute atomic E-state index is 11.2. The van der Waals surface area contributed by atoms with Crippen molar-refractivity contribution in [2.45, 2.75) is 44.6 Å². The molecule has 23 heavy (non-hydrogen) atoms. The summed E-state index contributed by atoms with van der Waals surface area (Å²) in [6.45, 7) is 3.03. The second-order valence-corrected chi connectivity index (χ2v) is 6.29. The van der Waals surface area contributed by atoms with E-state index in [4.69, 9.17) is 4.74 Å². The molecule has 0 bridgehead atoms. The van der Waals surface area contributed by atoms with Crippen LogP contribution in [-0.4, -0.2) is 49.3 Å². The maximum atomic E-state index is 11.2. The van der Waals surface area contributed by atoms with E-state index in [1.54, 1.807) is 0 Å². The molecule has 0 radical (unpaired) electrons. The molecule has 2 aliphatic rings. The van der Waals surface area contributed by atoms with Gasteiger partial charge in [-0.15, -0.1) is 0 Å². The lowest BCUT2D eigenvalue weighted by Crippen LogP contribution is -2.12. The van der Waals surface area contributed by atoms with Gasteiger partial charge < -0.3 is 9.84 Å². The number of hydrogen-bond donors (Lipinski definition) is 2. The minimum atomic E-state index is -0.931. The molecule has 0 amide bonds. The van der Waals surface area contributed by atoms with E-state index in [0.717, 1.165) is 36.2 Å². The van der Waals surface area contributed by atoms with Crippen LogP contribution in [0.4, 0.5) is 0 Å². The molecule has 1 saturated carbocycles. The minimum Gasteiger partial charge on any atom is -0.480 e. The average Bonchev–Trinajstić information content (AvgIpc) is 2.92. The molecule has 8 nitrogen and oxygen atoms in total. The first kappa shape index (κ1) is 14.4. The van der Waals surface area contributed by atoms with Gasteiger partial charge in [0.1, 0.15) is 6.54 Å². The molecule has 1 aliphatic carbocycles. The van der Waals surface area contributed by atoms with Crippen molar-refractivity contribution >= 4 is 5.97 Å². The summed E-state index contributed by atoms with van der Waals surface area (Å²) < 4.78 is 6.89. The fourth-order valence-corrected chi connectivity index (χ4v) is 3.08. The zero-order valence-corrected chi connectivity index (χ0v) is 12.9. The van der Waals surface area contributed by atoms with Crippen molar-refractivity contribution in [1.82, 2.24) is 25.0 Å². The monoisotopic (exact) mass is 317 g/mol. The van der Waals surface area contributed by atoms with Crippen molar-refractivity contribution in [1.29, 1.82) is 0 Å². The molecule has 122 valence electrons. The van der Waals surface area contributed by atoms with Crippen LogP contribution in [0.1, 0.15) is 48.3 Å². The van der Waals surface area contributed by atoms with E-state index in [2.05, 4.69) is 20.3 Å². The Hall–Kier alpha value is -2.22. The summed E-state index contributed by atoms with van der Waals surface area (Å²) in [6, 6.07) is 0. The molecule has 1 saturated heterocycles. The number of carboxylic acids is 1. The predicted molar refractivity (Wildman–Crippen MR) is 80.1 cm³/mol. The Morgan fingerprint density at radius 1 is 1.39 bits per heavy atom. The Morgan fingerprint density at radius 2 is 2.22 bits per heavy atom. The number of aromatic nitrogens is 5.